The van der Waals surface area contributed by atoms with Crippen LogP contribution in [0.15, 0.2) is 54.6 Å². The molecule has 0 spiro atoms. The molecular formula is C25H29FO5. The molecule has 5 atom stereocenters. The van der Waals surface area contributed by atoms with Gasteiger partial charge in [0.05, 0.1) is 12.2 Å². The van der Waals surface area contributed by atoms with Crippen molar-refractivity contribution >= 4 is 18.0 Å². The van der Waals surface area contributed by atoms with E-state index in [4.69, 9.17) is 9.47 Å². The quantitative estimate of drug-likeness (QED) is 0.440. The molecule has 0 saturated heterocycles. The Labute approximate surface area is 182 Å². The summed E-state index contributed by atoms with van der Waals surface area (Å²) in [6.45, 7) is 1.86. The largest absolute Gasteiger partial charge is 0.460 e. The van der Waals surface area contributed by atoms with Gasteiger partial charge in [0.1, 0.15) is 11.9 Å². The van der Waals surface area contributed by atoms with Crippen LogP contribution in [-0.4, -0.2) is 35.4 Å². The molecule has 3 rings (SSSR count). The number of halogens is 1. The Hall–Kier alpha value is -2.73. The number of allylic oxidation sites excluding steroid dienone is 2. The molecule has 1 heterocycles. The van der Waals surface area contributed by atoms with Crippen molar-refractivity contribution < 1.29 is 28.6 Å². The third-order valence-electron chi connectivity index (χ3n) is 5.71. The monoisotopic (exact) mass is 428 g/mol. The zero-order chi connectivity index (χ0) is 22.2. The highest BCUT2D eigenvalue weighted by Crippen LogP contribution is 2.38. The van der Waals surface area contributed by atoms with Crippen LogP contribution < -0.4 is 0 Å². The van der Waals surface area contributed by atoms with Gasteiger partial charge in [-0.15, -0.1) is 0 Å². The summed E-state index contributed by atoms with van der Waals surface area (Å²) >= 11 is 0. The molecule has 31 heavy (non-hydrogen) atoms. The number of carbonyl (C=O) groups excluding carboxylic acids is 2. The van der Waals surface area contributed by atoms with Gasteiger partial charge in [-0.05, 0) is 80.7 Å². The maximum atomic E-state index is 13.3. The number of aliphatic hydroxyl groups is 1. The van der Waals surface area contributed by atoms with E-state index in [-0.39, 0.29) is 29.9 Å². The number of rotatable bonds is 3. The van der Waals surface area contributed by atoms with Gasteiger partial charge in [-0.1, -0.05) is 24.3 Å². The van der Waals surface area contributed by atoms with Crippen molar-refractivity contribution in [1.29, 1.82) is 0 Å². The van der Waals surface area contributed by atoms with Crippen molar-refractivity contribution in [1.82, 2.24) is 0 Å². The molecule has 1 aromatic carbocycles. The second-order valence-corrected chi connectivity index (χ2v) is 8.20. The molecule has 6 heteroatoms. The molecule has 2 aliphatic rings. The average Bonchev–Trinajstić information content (AvgIpc) is 3.12. The lowest BCUT2D eigenvalue weighted by Crippen LogP contribution is -2.22. The maximum absolute atomic E-state index is 13.3. The minimum absolute atomic E-state index is 0.0406. The first kappa shape index (κ1) is 22.9. The number of cyclic esters (lactones) is 1. The highest BCUT2D eigenvalue weighted by atomic mass is 19.1. The minimum atomic E-state index is -0.843. The SMILES string of the molecule is C[C@H]1CCC/C=C/[C@@H]2C[C@H](OC(=O)/C=C/c3cccc(F)c3)C[C@H]2[C@H](O)C=CC(=O)O1. The lowest BCUT2D eigenvalue weighted by atomic mass is 9.90. The molecular weight excluding hydrogens is 399 g/mol. The van der Waals surface area contributed by atoms with Crippen LogP contribution in [-0.2, 0) is 19.1 Å². The molecule has 0 bridgehead atoms. The summed E-state index contributed by atoms with van der Waals surface area (Å²) in [7, 11) is 0. The first-order chi connectivity index (χ1) is 14.9. The molecule has 1 aliphatic carbocycles. The number of hydrogen-bond acceptors (Lipinski definition) is 5. The van der Waals surface area contributed by atoms with E-state index >= 15 is 0 Å². The Kier molecular flexibility index (Phi) is 8.18. The Morgan fingerprint density at radius 3 is 2.94 bits per heavy atom. The normalized spacial score (nSPS) is 30.5. The zero-order valence-electron chi connectivity index (χ0n) is 17.7. The summed E-state index contributed by atoms with van der Waals surface area (Å²) in [6.07, 6.45) is 12.0. The van der Waals surface area contributed by atoms with Gasteiger partial charge in [0.25, 0.3) is 0 Å². The predicted octanol–water partition coefficient (Wildman–Crippen LogP) is 4.37. The smallest absolute Gasteiger partial charge is 0.331 e. The second kappa shape index (κ2) is 11.0. The summed E-state index contributed by atoms with van der Waals surface area (Å²) in [5, 5.41) is 10.6. The number of benzene rings is 1. The standard InChI is InChI=1S/C25H29FO5/c1-17-6-3-2-4-8-19-15-21(16-22(19)23(27)11-13-24(28)30-17)31-25(29)12-10-18-7-5-9-20(26)14-18/h4-5,7-14,17,19,21-23,27H,2-3,6,15-16H2,1H3/b8-4+,12-10+,13-11?/t17-,19+,21-,22+,23+/m0/s1. The number of fused-ring (bicyclic) bond motifs is 1. The molecule has 1 N–H and O–H groups in total. The highest BCUT2D eigenvalue weighted by Gasteiger charge is 2.38. The summed E-state index contributed by atoms with van der Waals surface area (Å²) in [4.78, 5) is 24.2. The lowest BCUT2D eigenvalue weighted by molar-refractivity contribution is -0.143. The van der Waals surface area contributed by atoms with Crippen molar-refractivity contribution in [2.75, 3.05) is 0 Å². The van der Waals surface area contributed by atoms with Gasteiger partial charge in [0.2, 0.25) is 0 Å². The van der Waals surface area contributed by atoms with Crippen molar-refractivity contribution in [3.8, 4) is 0 Å². The zero-order valence-corrected chi connectivity index (χ0v) is 17.7. The first-order valence-corrected chi connectivity index (χ1v) is 10.8. The van der Waals surface area contributed by atoms with Crippen molar-refractivity contribution in [3.05, 3.63) is 66.0 Å². The van der Waals surface area contributed by atoms with E-state index < -0.39 is 18.0 Å². The van der Waals surface area contributed by atoms with E-state index in [2.05, 4.69) is 12.2 Å². The van der Waals surface area contributed by atoms with E-state index in [1.165, 1.54) is 36.4 Å². The van der Waals surface area contributed by atoms with Crippen molar-refractivity contribution in [2.45, 2.75) is 57.3 Å². The Bertz CT molecular complexity index is 859. The molecule has 1 aromatic rings. The minimum Gasteiger partial charge on any atom is -0.460 e. The number of aliphatic hydroxyl groups excluding tert-OH is 1. The van der Waals surface area contributed by atoms with Crippen LogP contribution in [0.1, 0.15) is 44.6 Å². The summed E-state index contributed by atoms with van der Waals surface area (Å²) in [6, 6.07) is 5.94. The molecule has 1 fully saturated rings. The Morgan fingerprint density at radius 2 is 2.13 bits per heavy atom. The van der Waals surface area contributed by atoms with Crippen LogP contribution in [0, 0.1) is 17.7 Å². The molecule has 166 valence electrons. The summed E-state index contributed by atoms with van der Waals surface area (Å²) in [5.74, 6) is -1.46. The van der Waals surface area contributed by atoms with Crippen LogP contribution in [0.5, 0.6) is 0 Å². The fourth-order valence-electron chi connectivity index (χ4n) is 4.15. The van der Waals surface area contributed by atoms with Gasteiger partial charge >= 0.3 is 11.9 Å². The first-order valence-electron chi connectivity index (χ1n) is 10.8. The number of carbonyl (C=O) groups is 2. The van der Waals surface area contributed by atoms with E-state index in [9.17, 15) is 19.1 Å². The van der Waals surface area contributed by atoms with E-state index in [0.717, 1.165) is 19.3 Å². The summed E-state index contributed by atoms with van der Waals surface area (Å²) in [5.41, 5.74) is 0.574. The molecule has 1 aliphatic heterocycles. The number of esters is 2. The fraction of sp³-hybridized carbons (Fsp3) is 0.440. The average molecular weight is 429 g/mol. The highest BCUT2D eigenvalue weighted by molar-refractivity contribution is 5.87. The molecule has 1 saturated carbocycles. The van der Waals surface area contributed by atoms with E-state index in [1.54, 1.807) is 12.1 Å². The Balaban J connectivity index is 1.63. The van der Waals surface area contributed by atoms with Crippen LogP contribution in [0.3, 0.4) is 0 Å². The summed E-state index contributed by atoms with van der Waals surface area (Å²) < 4.78 is 24.1. The molecule has 0 unspecified atom stereocenters. The fourth-order valence-corrected chi connectivity index (χ4v) is 4.15. The maximum Gasteiger partial charge on any atom is 0.331 e. The van der Waals surface area contributed by atoms with Gasteiger partial charge in [0.15, 0.2) is 0 Å². The predicted molar refractivity (Wildman–Crippen MR) is 115 cm³/mol. The number of hydrogen-bond donors (Lipinski definition) is 1. The topological polar surface area (TPSA) is 72.8 Å². The van der Waals surface area contributed by atoms with Crippen LogP contribution >= 0.6 is 0 Å². The third kappa shape index (κ3) is 7.17. The second-order valence-electron chi connectivity index (χ2n) is 8.20. The molecule has 0 aromatic heterocycles. The van der Waals surface area contributed by atoms with Crippen LogP contribution in [0.4, 0.5) is 4.39 Å². The molecule has 0 amide bonds. The number of ether oxygens (including phenoxy) is 2. The van der Waals surface area contributed by atoms with Crippen LogP contribution in [0.2, 0.25) is 0 Å². The molecule has 0 radical (unpaired) electrons. The van der Waals surface area contributed by atoms with Gasteiger partial charge < -0.3 is 14.6 Å². The van der Waals surface area contributed by atoms with Crippen molar-refractivity contribution in [2.24, 2.45) is 11.8 Å². The van der Waals surface area contributed by atoms with Crippen LogP contribution in [0.25, 0.3) is 6.08 Å². The third-order valence-corrected chi connectivity index (χ3v) is 5.71. The molecule has 5 nitrogen and oxygen atoms in total. The lowest BCUT2D eigenvalue weighted by Gasteiger charge is -2.19. The van der Waals surface area contributed by atoms with Gasteiger partial charge in [0, 0.05) is 12.2 Å². The van der Waals surface area contributed by atoms with Gasteiger partial charge in [-0.25, -0.2) is 14.0 Å². The van der Waals surface area contributed by atoms with E-state index in [0.29, 0.717) is 18.4 Å². The Morgan fingerprint density at radius 1 is 1.29 bits per heavy atom. The van der Waals surface area contributed by atoms with Gasteiger partial charge in [-0.2, -0.15) is 0 Å². The van der Waals surface area contributed by atoms with Crippen molar-refractivity contribution in [3.63, 3.8) is 0 Å². The van der Waals surface area contributed by atoms with E-state index in [1.807, 2.05) is 6.92 Å². The van der Waals surface area contributed by atoms with Gasteiger partial charge in [-0.3, -0.25) is 0 Å².